The fourth-order valence-corrected chi connectivity index (χ4v) is 1.18. The van der Waals surface area contributed by atoms with Gasteiger partial charge in [-0.05, 0) is 13.3 Å². The Morgan fingerprint density at radius 2 is 1.75 bits per heavy atom. The Hall–Kier alpha value is -0.120. The minimum atomic E-state index is -0.704. The lowest BCUT2D eigenvalue weighted by molar-refractivity contribution is -0.110. The van der Waals surface area contributed by atoms with Gasteiger partial charge in [0.2, 0.25) is 0 Å². The van der Waals surface area contributed by atoms with Crippen molar-refractivity contribution in [3.8, 4) is 0 Å². The number of aliphatic hydroxyl groups excluding tert-OH is 2. The Labute approximate surface area is 74.4 Å². The van der Waals surface area contributed by atoms with E-state index in [0.29, 0.717) is 6.61 Å². The van der Waals surface area contributed by atoms with Gasteiger partial charge in [-0.25, -0.2) is 0 Å². The summed E-state index contributed by atoms with van der Waals surface area (Å²) in [4.78, 5) is 0. The minimum absolute atomic E-state index is 0.0999. The van der Waals surface area contributed by atoms with E-state index in [1.807, 2.05) is 6.92 Å². The molecule has 3 heteroatoms. The Morgan fingerprint density at radius 1 is 1.17 bits per heavy atom. The van der Waals surface area contributed by atoms with Crippen LogP contribution >= 0.6 is 0 Å². The summed E-state index contributed by atoms with van der Waals surface area (Å²) in [6.45, 7) is 4.27. The van der Waals surface area contributed by atoms with Gasteiger partial charge in [0.15, 0.2) is 0 Å². The van der Waals surface area contributed by atoms with Crippen LogP contribution in [-0.2, 0) is 4.74 Å². The van der Waals surface area contributed by atoms with Gasteiger partial charge in [0, 0.05) is 6.61 Å². The van der Waals surface area contributed by atoms with E-state index >= 15 is 0 Å². The normalized spacial score (nSPS) is 12.0. The van der Waals surface area contributed by atoms with Gasteiger partial charge in [-0.15, -0.1) is 0 Å². The zero-order chi connectivity index (χ0) is 9.45. The molecule has 0 spiro atoms. The van der Waals surface area contributed by atoms with Crippen molar-refractivity contribution in [2.75, 3.05) is 19.8 Å². The first-order valence-corrected chi connectivity index (χ1v) is 4.60. The molecule has 0 rings (SSSR count). The third-order valence-electron chi connectivity index (χ3n) is 2.01. The maximum absolute atomic E-state index is 9.05. The van der Waals surface area contributed by atoms with Crippen molar-refractivity contribution in [2.45, 2.75) is 38.7 Å². The Morgan fingerprint density at radius 3 is 2.08 bits per heavy atom. The van der Waals surface area contributed by atoms with Gasteiger partial charge < -0.3 is 14.9 Å². The second-order valence-electron chi connectivity index (χ2n) is 3.04. The van der Waals surface area contributed by atoms with Gasteiger partial charge in [-0.1, -0.05) is 19.8 Å². The van der Waals surface area contributed by atoms with Crippen LogP contribution in [-0.4, -0.2) is 35.6 Å². The molecule has 0 aromatic heterocycles. The summed E-state index contributed by atoms with van der Waals surface area (Å²) in [7, 11) is 0. The van der Waals surface area contributed by atoms with E-state index in [9.17, 15) is 0 Å². The lowest BCUT2D eigenvalue weighted by Crippen LogP contribution is -2.40. The second-order valence-corrected chi connectivity index (χ2v) is 3.04. The maximum atomic E-state index is 9.05. The van der Waals surface area contributed by atoms with E-state index in [1.165, 1.54) is 0 Å². The molecule has 0 aliphatic heterocycles. The molecule has 0 bridgehead atoms. The summed E-state index contributed by atoms with van der Waals surface area (Å²) in [5.74, 6) is 0. The topological polar surface area (TPSA) is 49.7 Å². The maximum Gasteiger partial charge on any atom is 0.114 e. The molecule has 0 saturated heterocycles. The summed E-state index contributed by atoms with van der Waals surface area (Å²) >= 11 is 0. The summed E-state index contributed by atoms with van der Waals surface area (Å²) in [5, 5.41) is 18.1. The van der Waals surface area contributed by atoms with Crippen LogP contribution in [0.15, 0.2) is 0 Å². The number of rotatable bonds is 7. The third-order valence-corrected chi connectivity index (χ3v) is 2.01. The van der Waals surface area contributed by atoms with Gasteiger partial charge in [-0.2, -0.15) is 0 Å². The Balaban J connectivity index is 3.95. The molecular formula is C9H20O3. The van der Waals surface area contributed by atoms with Gasteiger partial charge >= 0.3 is 0 Å². The summed E-state index contributed by atoms with van der Waals surface area (Å²) in [6, 6.07) is 0. The molecule has 74 valence electrons. The zero-order valence-corrected chi connectivity index (χ0v) is 8.05. The van der Waals surface area contributed by atoms with Crippen LogP contribution in [0.5, 0.6) is 0 Å². The fraction of sp³-hybridized carbons (Fsp3) is 1.00. The van der Waals surface area contributed by atoms with Gasteiger partial charge in [0.05, 0.1) is 13.2 Å². The van der Waals surface area contributed by atoms with Crippen molar-refractivity contribution in [2.24, 2.45) is 0 Å². The zero-order valence-electron chi connectivity index (χ0n) is 8.05. The van der Waals surface area contributed by atoms with Gasteiger partial charge in [-0.3, -0.25) is 0 Å². The van der Waals surface area contributed by atoms with E-state index in [1.54, 1.807) is 0 Å². The summed E-state index contributed by atoms with van der Waals surface area (Å²) in [6.07, 6.45) is 2.75. The quantitative estimate of drug-likeness (QED) is 0.607. The highest BCUT2D eigenvalue weighted by molar-refractivity contribution is 4.78. The molecule has 0 aromatic rings. The molecule has 0 saturated carbocycles. The van der Waals surface area contributed by atoms with Crippen LogP contribution in [0.1, 0.15) is 33.1 Å². The van der Waals surface area contributed by atoms with E-state index in [4.69, 9.17) is 14.9 Å². The molecule has 0 fully saturated rings. The lowest BCUT2D eigenvalue weighted by atomic mass is 9.98. The van der Waals surface area contributed by atoms with Crippen LogP contribution < -0.4 is 0 Å². The average Bonchev–Trinajstić information content (AvgIpc) is 2.13. The molecule has 0 aromatic carbocycles. The van der Waals surface area contributed by atoms with Crippen LogP contribution in [0.3, 0.4) is 0 Å². The molecule has 0 amide bonds. The van der Waals surface area contributed by atoms with Gasteiger partial charge in [0.25, 0.3) is 0 Å². The highest BCUT2D eigenvalue weighted by Crippen LogP contribution is 2.18. The van der Waals surface area contributed by atoms with Crippen LogP contribution in [0, 0.1) is 0 Å². The molecule has 0 atom stereocenters. The van der Waals surface area contributed by atoms with Crippen molar-refractivity contribution in [3.05, 3.63) is 0 Å². The molecule has 2 N–H and O–H groups in total. The molecule has 12 heavy (non-hydrogen) atoms. The first kappa shape index (κ1) is 11.9. The predicted molar refractivity (Wildman–Crippen MR) is 48.1 cm³/mol. The van der Waals surface area contributed by atoms with E-state index in [2.05, 4.69) is 6.92 Å². The molecule has 0 unspecified atom stereocenters. The average molecular weight is 176 g/mol. The fourth-order valence-electron chi connectivity index (χ4n) is 1.18. The van der Waals surface area contributed by atoms with Crippen LogP contribution in [0.2, 0.25) is 0 Å². The number of ether oxygens (including phenoxy) is 1. The predicted octanol–water partition coefficient (Wildman–Crippen LogP) is 0.936. The summed E-state index contributed by atoms with van der Waals surface area (Å²) in [5.41, 5.74) is -0.704. The molecule has 0 radical (unpaired) electrons. The highest BCUT2D eigenvalue weighted by atomic mass is 16.5. The van der Waals surface area contributed by atoms with Crippen LogP contribution in [0.4, 0.5) is 0 Å². The van der Waals surface area contributed by atoms with Crippen molar-refractivity contribution in [1.82, 2.24) is 0 Å². The first-order valence-electron chi connectivity index (χ1n) is 4.60. The van der Waals surface area contributed by atoms with Crippen molar-refractivity contribution in [1.29, 1.82) is 0 Å². The van der Waals surface area contributed by atoms with E-state index in [-0.39, 0.29) is 13.2 Å². The van der Waals surface area contributed by atoms with Crippen molar-refractivity contribution in [3.63, 3.8) is 0 Å². The number of hydrogen-bond donors (Lipinski definition) is 2. The standard InChI is InChI=1S/C9H20O3/c1-3-5-6-9(7-10,8-11)12-4-2/h10-11H,3-8H2,1-2H3. The molecule has 0 aliphatic rings. The highest BCUT2D eigenvalue weighted by Gasteiger charge is 2.28. The number of unbranched alkanes of at least 4 members (excludes halogenated alkanes) is 1. The van der Waals surface area contributed by atoms with Gasteiger partial charge in [0.1, 0.15) is 5.60 Å². The minimum Gasteiger partial charge on any atom is -0.393 e. The number of aliphatic hydroxyl groups is 2. The molecular weight excluding hydrogens is 156 g/mol. The Kier molecular flexibility index (Phi) is 6.34. The molecule has 3 nitrogen and oxygen atoms in total. The van der Waals surface area contributed by atoms with E-state index in [0.717, 1.165) is 19.3 Å². The third kappa shape index (κ3) is 3.52. The monoisotopic (exact) mass is 176 g/mol. The second kappa shape index (κ2) is 6.40. The SMILES string of the molecule is CCCCC(CO)(CO)OCC. The summed E-state index contributed by atoms with van der Waals surface area (Å²) < 4.78 is 5.33. The molecule has 0 aliphatic carbocycles. The lowest BCUT2D eigenvalue weighted by Gasteiger charge is -2.29. The number of hydrogen-bond acceptors (Lipinski definition) is 3. The smallest absolute Gasteiger partial charge is 0.114 e. The van der Waals surface area contributed by atoms with Crippen LogP contribution in [0.25, 0.3) is 0 Å². The van der Waals surface area contributed by atoms with Crippen molar-refractivity contribution < 1.29 is 14.9 Å². The van der Waals surface area contributed by atoms with Crippen molar-refractivity contribution >= 4 is 0 Å². The van der Waals surface area contributed by atoms with E-state index < -0.39 is 5.60 Å². The molecule has 0 heterocycles. The Bertz CT molecular complexity index is 99.9. The largest absolute Gasteiger partial charge is 0.393 e. The first-order chi connectivity index (χ1) is 5.74.